The van der Waals surface area contributed by atoms with E-state index in [1.807, 2.05) is 46.0 Å². The summed E-state index contributed by atoms with van der Waals surface area (Å²) >= 11 is 24.1. The number of nitrogens with zero attached hydrogens (tertiary/aromatic N) is 7. The number of benzene rings is 3. The van der Waals surface area contributed by atoms with Gasteiger partial charge in [0.05, 0.1) is 64.3 Å². The molecular formula is C46H52Cl4N8O5. The summed E-state index contributed by atoms with van der Waals surface area (Å²) < 4.78 is 28.5. The molecule has 0 unspecified atom stereocenters. The van der Waals surface area contributed by atoms with E-state index in [1.165, 1.54) is 20.0 Å². The second-order valence-electron chi connectivity index (χ2n) is 16.3. The summed E-state index contributed by atoms with van der Waals surface area (Å²) in [6.45, 7) is 9.11. The first-order valence-electron chi connectivity index (χ1n) is 21.5. The zero-order valence-corrected chi connectivity index (χ0v) is 38.3. The normalized spacial score (nSPS) is 17.3. The Bertz CT molecular complexity index is 2460. The Labute approximate surface area is 387 Å². The van der Waals surface area contributed by atoms with Gasteiger partial charge in [-0.15, -0.1) is 0 Å². The van der Waals surface area contributed by atoms with E-state index in [0.717, 1.165) is 106 Å². The number of carbonyl (C=O) groups excluding carboxylic acids is 1. The van der Waals surface area contributed by atoms with Crippen molar-refractivity contribution < 1.29 is 23.7 Å². The van der Waals surface area contributed by atoms with E-state index in [2.05, 4.69) is 19.9 Å². The van der Waals surface area contributed by atoms with Gasteiger partial charge in [0.25, 0.3) is 0 Å². The number of fused-ring (bicyclic) bond motifs is 1. The van der Waals surface area contributed by atoms with Gasteiger partial charge in [-0.05, 0) is 137 Å². The van der Waals surface area contributed by atoms with Gasteiger partial charge in [-0.1, -0.05) is 46.4 Å². The first kappa shape index (κ1) is 45.2. The molecule has 0 radical (unpaired) electrons. The third-order valence-electron chi connectivity index (χ3n) is 11.8. The molecule has 0 bridgehead atoms. The molecule has 334 valence electrons. The zero-order chi connectivity index (χ0) is 43.7. The van der Waals surface area contributed by atoms with Crippen LogP contribution in [0.4, 0.5) is 0 Å². The maximum atomic E-state index is 12.2. The summed E-state index contributed by atoms with van der Waals surface area (Å²) in [4.78, 5) is 19.6. The number of methoxy groups -OCH3 is 1. The summed E-state index contributed by atoms with van der Waals surface area (Å²) in [6.07, 6.45) is 9.86. The minimum absolute atomic E-state index is 0.186. The van der Waals surface area contributed by atoms with Crippen LogP contribution in [0.15, 0.2) is 79.1 Å². The van der Waals surface area contributed by atoms with E-state index in [4.69, 9.17) is 75.4 Å². The third kappa shape index (κ3) is 12.3. The van der Waals surface area contributed by atoms with Gasteiger partial charge in [0.15, 0.2) is 0 Å². The highest BCUT2D eigenvalue weighted by Gasteiger charge is 2.26. The SMILES string of the molecule is COC(=O)c1ccc2nc(CN3CCC(Cn4ccc(COc5ccc(Cl)cc5Cl)n4)CC3)n(C[C@@H]3CCO3)c2c1.Clc1ccc(OCc2ccn(CC3CCNCC3)n2)c(Cl)c1. The van der Waals surface area contributed by atoms with Crippen LogP contribution in [0.3, 0.4) is 0 Å². The number of carbonyl (C=O) groups is 1. The Morgan fingerprint density at radius 1 is 0.746 bits per heavy atom. The van der Waals surface area contributed by atoms with Crippen molar-refractivity contribution in [3.63, 3.8) is 0 Å². The van der Waals surface area contributed by atoms with Crippen LogP contribution in [0.5, 0.6) is 11.5 Å². The van der Waals surface area contributed by atoms with Crippen LogP contribution in [0.1, 0.15) is 59.7 Å². The predicted octanol–water partition coefficient (Wildman–Crippen LogP) is 9.37. The predicted molar refractivity (Wildman–Crippen MR) is 245 cm³/mol. The number of ether oxygens (including phenoxy) is 4. The summed E-state index contributed by atoms with van der Waals surface area (Å²) in [5, 5.41) is 14.8. The van der Waals surface area contributed by atoms with Crippen LogP contribution in [-0.4, -0.2) is 86.0 Å². The van der Waals surface area contributed by atoms with E-state index in [0.29, 0.717) is 62.2 Å². The summed E-state index contributed by atoms with van der Waals surface area (Å²) in [6, 6.07) is 20.0. The van der Waals surface area contributed by atoms with Crippen molar-refractivity contribution >= 4 is 63.4 Å². The fourth-order valence-electron chi connectivity index (χ4n) is 8.15. The van der Waals surface area contributed by atoms with E-state index >= 15 is 0 Å². The number of halogens is 4. The van der Waals surface area contributed by atoms with Gasteiger partial charge in [0, 0.05) is 42.1 Å². The molecule has 6 aromatic rings. The molecule has 0 aliphatic carbocycles. The maximum Gasteiger partial charge on any atom is 0.337 e. The number of esters is 1. The molecule has 3 aromatic carbocycles. The Balaban J connectivity index is 0.000000208. The summed E-state index contributed by atoms with van der Waals surface area (Å²) in [5.74, 6) is 3.14. The fraction of sp³-hybridized carbons (Fsp3) is 0.435. The topological polar surface area (TPSA) is 123 Å². The summed E-state index contributed by atoms with van der Waals surface area (Å²) in [5.41, 5.74) is 4.13. The number of rotatable bonds is 15. The maximum absolute atomic E-state index is 12.2. The van der Waals surface area contributed by atoms with E-state index in [-0.39, 0.29) is 12.1 Å². The molecule has 3 aromatic heterocycles. The first-order chi connectivity index (χ1) is 30.6. The molecule has 0 saturated carbocycles. The van der Waals surface area contributed by atoms with E-state index in [9.17, 15) is 4.79 Å². The molecule has 63 heavy (non-hydrogen) atoms. The van der Waals surface area contributed by atoms with Gasteiger partial charge >= 0.3 is 5.97 Å². The monoisotopic (exact) mass is 936 g/mol. The lowest BCUT2D eigenvalue weighted by atomic mass is 9.97. The largest absolute Gasteiger partial charge is 0.486 e. The average molecular weight is 939 g/mol. The number of imidazole rings is 1. The Hall–Kier alpha value is -4.34. The van der Waals surface area contributed by atoms with Crippen molar-refractivity contribution in [1.29, 1.82) is 0 Å². The van der Waals surface area contributed by atoms with Gasteiger partial charge in [-0.2, -0.15) is 10.2 Å². The van der Waals surface area contributed by atoms with E-state index < -0.39 is 0 Å². The molecule has 3 fully saturated rings. The van der Waals surface area contributed by atoms with Crippen LogP contribution < -0.4 is 14.8 Å². The average Bonchev–Trinajstić information content (AvgIpc) is 4.01. The smallest absolute Gasteiger partial charge is 0.337 e. The van der Waals surface area contributed by atoms with Crippen molar-refractivity contribution in [3.05, 3.63) is 122 Å². The number of aromatic nitrogens is 6. The minimum Gasteiger partial charge on any atom is -0.486 e. The van der Waals surface area contributed by atoms with Gasteiger partial charge in [-0.25, -0.2) is 9.78 Å². The molecular weight excluding hydrogens is 886 g/mol. The Morgan fingerprint density at radius 3 is 1.87 bits per heavy atom. The van der Waals surface area contributed by atoms with Crippen molar-refractivity contribution in [3.8, 4) is 11.5 Å². The van der Waals surface area contributed by atoms with Crippen molar-refractivity contribution in [2.45, 2.75) is 77.6 Å². The standard InChI is InChI=1S/C30H33Cl2N5O4.C16H19Cl2N3O/c1-39-30(38)21-2-4-26-27(14-21)37(17-24-9-13-40-24)29(33-26)18-35-10-6-20(7-11-35)16-36-12-8-23(34-36)19-41-28-5-3-22(31)15-25(28)32;17-13-1-2-16(15(18)9-13)22-11-14-5-8-21(20-14)10-12-3-6-19-7-4-12/h2-5,8,12,14-15,20,24H,6-7,9-11,13,16-19H2,1H3;1-2,5,8-9,12,19H,3-4,6-7,10-11H2/t24-;/m0./s1. The lowest BCUT2D eigenvalue weighted by molar-refractivity contribution is -0.0592. The molecule has 6 heterocycles. The molecule has 0 spiro atoms. The Kier molecular flexibility index (Phi) is 15.5. The van der Waals surface area contributed by atoms with Crippen LogP contribution >= 0.6 is 46.4 Å². The molecule has 1 N–H and O–H groups in total. The highest BCUT2D eigenvalue weighted by Crippen LogP contribution is 2.30. The number of hydrogen-bond donors (Lipinski definition) is 1. The van der Waals surface area contributed by atoms with Gasteiger partial charge in [0.1, 0.15) is 30.5 Å². The minimum atomic E-state index is -0.342. The Morgan fingerprint density at radius 2 is 1.33 bits per heavy atom. The highest BCUT2D eigenvalue weighted by atomic mass is 35.5. The number of likely N-dealkylation sites (tertiary alicyclic amines) is 1. The number of piperidine rings is 2. The van der Waals surface area contributed by atoms with Gasteiger partial charge < -0.3 is 28.8 Å². The van der Waals surface area contributed by atoms with Crippen molar-refractivity contribution in [2.24, 2.45) is 11.8 Å². The quantitative estimate of drug-likeness (QED) is 0.0998. The third-order valence-corrected chi connectivity index (χ3v) is 12.8. The van der Waals surface area contributed by atoms with Crippen molar-refractivity contribution in [2.75, 3.05) is 39.9 Å². The number of nitrogens with one attached hydrogen (secondary N) is 1. The van der Waals surface area contributed by atoms with Crippen molar-refractivity contribution in [1.82, 2.24) is 39.3 Å². The van der Waals surface area contributed by atoms with Crippen LogP contribution in [0, 0.1) is 11.8 Å². The number of hydrogen-bond acceptors (Lipinski definition) is 10. The molecule has 13 nitrogen and oxygen atoms in total. The highest BCUT2D eigenvalue weighted by molar-refractivity contribution is 6.36. The lowest BCUT2D eigenvalue weighted by Gasteiger charge is -2.32. The van der Waals surface area contributed by atoms with Crippen LogP contribution in [-0.2, 0) is 48.9 Å². The molecule has 3 saturated heterocycles. The molecule has 0 amide bonds. The molecule has 3 aliphatic heterocycles. The fourth-order valence-corrected chi connectivity index (χ4v) is 9.07. The second-order valence-corrected chi connectivity index (χ2v) is 18.0. The van der Waals surface area contributed by atoms with Crippen LogP contribution in [0.2, 0.25) is 20.1 Å². The molecule has 3 aliphatic rings. The van der Waals surface area contributed by atoms with Gasteiger partial charge in [-0.3, -0.25) is 14.3 Å². The first-order valence-corrected chi connectivity index (χ1v) is 23.0. The summed E-state index contributed by atoms with van der Waals surface area (Å²) in [7, 11) is 1.40. The van der Waals surface area contributed by atoms with E-state index in [1.54, 1.807) is 42.5 Å². The van der Waals surface area contributed by atoms with Crippen LogP contribution in [0.25, 0.3) is 11.0 Å². The molecule has 17 heteroatoms. The van der Waals surface area contributed by atoms with Gasteiger partial charge in [0.2, 0.25) is 0 Å². The molecule has 9 rings (SSSR count). The lowest BCUT2D eigenvalue weighted by Crippen LogP contribution is -2.36. The second kappa shape index (κ2) is 21.6. The molecule has 1 atom stereocenters. The zero-order valence-electron chi connectivity index (χ0n) is 35.2.